The van der Waals surface area contributed by atoms with Crippen molar-refractivity contribution in [3.8, 4) is 0 Å². The molecule has 0 atom stereocenters. The van der Waals surface area contributed by atoms with Gasteiger partial charge in [-0.2, -0.15) is 0 Å². The maximum absolute atomic E-state index is 0. The molecule has 0 N–H and O–H groups in total. The molecule has 5 radical (unpaired) electrons. The van der Waals surface area contributed by atoms with Crippen LogP contribution in [0.1, 0.15) is 0 Å². The molecular weight excluding hydrogens is 414 g/mol. The zero-order chi connectivity index (χ0) is 0. The molecule has 0 aliphatic rings. The van der Waals surface area contributed by atoms with Gasteiger partial charge in [-0.1, -0.05) is 0 Å². The van der Waals surface area contributed by atoms with Crippen LogP contribution >= 0.6 is 0 Å². The van der Waals surface area contributed by atoms with Crippen LogP contribution in [0.2, 0.25) is 0 Å². The topological polar surface area (TPSA) is 0 Å². The van der Waals surface area contributed by atoms with Gasteiger partial charge in [0.2, 0.25) is 0 Å². The molecule has 5 heavy (non-hydrogen) atoms. The van der Waals surface area contributed by atoms with Gasteiger partial charge in [0.05, 0.1) is 0 Å². The van der Waals surface area contributed by atoms with Gasteiger partial charge in [-0.05, 0) is 0 Å². The molecule has 5 heteroatoms. The molecule has 0 amide bonds. The number of hydrogen-bond donors (Lipinski definition) is 0. The van der Waals surface area contributed by atoms with E-state index in [4.69, 9.17) is 0 Å². The van der Waals surface area contributed by atoms with E-state index in [2.05, 4.69) is 0 Å². The second-order valence-corrected chi connectivity index (χ2v) is 0. The van der Waals surface area contributed by atoms with Gasteiger partial charge in [-0.25, -0.2) is 0 Å². The Labute approximate surface area is 82.4 Å². The zero-order valence-electron chi connectivity index (χ0n) is 2.01. The normalized spacial score (nSPS) is 0. The third kappa shape index (κ3) is 21.4. The SMILES string of the molecule is [B].[Co].[Cr].[Pd].[Re]. The fourth-order valence-corrected chi connectivity index (χ4v) is 0. The van der Waals surface area contributed by atoms with Crippen molar-refractivity contribution in [2.75, 3.05) is 0 Å². The van der Waals surface area contributed by atoms with Crippen molar-refractivity contribution in [1.29, 1.82) is 0 Å². The minimum absolute atomic E-state index is 0. The third-order valence-electron chi connectivity index (χ3n) is 0. The van der Waals surface area contributed by atoms with Crippen molar-refractivity contribution < 1.29 is 75.0 Å². The fourth-order valence-electron chi connectivity index (χ4n) is 0. The smallest absolute Gasteiger partial charge is 0 e. The molecule has 0 saturated heterocycles. The van der Waals surface area contributed by atoms with E-state index in [1.165, 1.54) is 0 Å². The van der Waals surface area contributed by atoms with E-state index in [1.54, 1.807) is 0 Å². The molecule has 0 aromatic carbocycles. The van der Waals surface area contributed by atoms with Crippen LogP contribution in [0.15, 0.2) is 0 Å². The summed E-state index contributed by atoms with van der Waals surface area (Å²) in [6.07, 6.45) is 0. The van der Waals surface area contributed by atoms with E-state index in [0.29, 0.717) is 0 Å². The van der Waals surface area contributed by atoms with E-state index in [0.717, 1.165) is 0 Å². The van der Waals surface area contributed by atoms with Crippen molar-refractivity contribution in [1.82, 2.24) is 0 Å². The van der Waals surface area contributed by atoms with Crippen molar-refractivity contribution in [3.05, 3.63) is 0 Å². The summed E-state index contributed by atoms with van der Waals surface area (Å²) >= 11 is 0. The molecule has 0 saturated carbocycles. The third-order valence-corrected chi connectivity index (χ3v) is 0. The molecular formula is BCoCrPdRe. The summed E-state index contributed by atoms with van der Waals surface area (Å²) in [5.74, 6) is 0. The summed E-state index contributed by atoms with van der Waals surface area (Å²) in [6, 6.07) is 0. The summed E-state index contributed by atoms with van der Waals surface area (Å²) in [5.41, 5.74) is 0. The molecule has 35 valence electrons. The van der Waals surface area contributed by atoms with E-state index in [9.17, 15) is 0 Å². The van der Waals surface area contributed by atoms with Crippen LogP contribution < -0.4 is 0 Å². The predicted molar refractivity (Wildman–Crippen MR) is 5.75 cm³/mol. The zero-order valence-corrected chi connectivity index (χ0v) is 8.60. The molecule has 0 nitrogen and oxygen atoms in total. The Morgan fingerprint density at radius 2 is 1.00 bits per heavy atom. The van der Waals surface area contributed by atoms with E-state index in [-0.39, 0.29) is 83.4 Å². The minimum atomic E-state index is 0. The molecule has 0 spiro atoms. The van der Waals surface area contributed by atoms with Gasteiger partial charge in [0.25, 0.3) is 0 Å². The van der Waals surface area contributed by atoms with Crippen molar-refractivity contribution in [2.45, 2.75) is 0 Å². The molecule has 0 bridgehead atoms. The Hall–Kier alpha value is 2.43. The molecule has 0 unspecified atom stereocenters. The molecule has 0 heterocycles. The molecule has 0 rings (SSSR count). The van der Waals surface area contributed by atoms with Gasteiger partial charge < -0.3 is 0 Å². The van der Waals surface area contributed by atoms with Crippen LogP contribution in [0, 0.1) is 0 Å². The molecule has 0 aromatic heterocycles. The van der Waals surface area contributed by atoms with Gasteiger partial charge in [0.15, 0.2) is 0 Å². The van der Waals surface area contributed by atoms with Crippen molar-refractivity contribution in [2.24, 2.45) is 0 Å². The Kier molecular flexibility index (Phi) is 334. The Bertz CT molecular complexity index is 11.6. The molecule has 0 fully saturated rings. The van der Waals surface area contributed by atoms with Gasteiger partial charge >= 0.3 is 0 Å². The van der Waals surface area contributed by atoms with Gasteiger partial charge in [0.1, 0.15) is 0 Å². The fraction of sp³-hybridized carbons (Fsp3) is 0. The van der Waals surface area contributed by atoms with Crippen LogP contribution in [0.25, 0.3) is 0 Å². The Morgan fingerprint density at radius 1 is 1.00 bits per heavy atom. The first-order chi connectivity index (χ1) is 0. The van der Waals surface area contributed by atoms with Crippen molar-refractivity contribution >= 4 is 8.41 Å². The molecule has 0 aliphatic heterocycles. The predicted octanol–water partition coefficient (Wildman–Crippen LogP) is -0.391. The van der Waals surface area contributed by atoms with Crippen LogP contribution in [0.4, 0.5) is 0 Å². The van der Waals surface area contributed by atoms with Gasteiger partial charge in [-0.3, -0.25) is 0 Å². The molecule has 0 aliphatic carbocycles. The largest absolute Gasteiger partial charge is 0 e. The van der Waals surface area contributed by atoms with E-state index >= 15 is 0 Å². The first-order valence-corrected chi connectivity index (χ1v) is 0. The first kappa shape index (κ1) is 52.1. The Morgan fingerprint density at radius 3 is 1.00 bits per heavy atom. The Balaban J connectivity index is 0. The molecule has 0 aromatic rings. The van der Waals surface area contributed by atoms with Crippen LogP contribution in [-0.2, 0) is 75.0 Å². The second-order valence-electron chi connectivity index (χ2n) is 0. The maximum Gasteiger partial charge on any atom is 0 e. The van der Waals surface area contributed by atoms with Crippen LogP contribution in [0.3, 0.4) is 0 Å². The van der Waals surface area contributed by atoms with Gasteiger partial charge in [0, 0.05) is 83.4 Å². The van der Waals surface area contributed by atoms with Crippen LogP contribution in [0.5, 0.6) is 0 Å². The maximum atomic E-state index is 0. The average Bonchev–Trinajstić information content (AvgIpc) is 0. The summed E-state index contributed by atoms with van der Waals surface area (Å²) in [5, 5.41) is 0. The quantitative estimate of drug-likeness (QED) is 0.474. The summed E-state index contributed by atoms with van der Waals surface area (Å²) in [4.78, 5) is 0. The number of hydrogen-bond acceptors (Lipinski definition) is 0. The van der Waals surface area contributed by atoms with E-state index in [1.807, 2.05) is 0 Å². The van der Waals surface area contributed by atoms with E-state index < -0.39 is 0 Å². The average molecular weight is 414 g/mol. The first-order valence-electron chi connectivity index (χ1n) is 0. The van der Waals surface area contributed by atoms with Crippen LogP contribution in [-0.4, -0.2) is 8.41 Å². The summed E-state index contributed by atoms with van der Waals surface area (Å²) in [7, 11) is 0. The minimum Gasteiger partial charge on any atom is 0 e. The monoisotopic (exact) mass is 415 g/mol. The van der Waals surface area contributed by atoms with Crippen molar-refractivity contribution in [3.63, 3.8) is 0 Å². The summed E-state index contributed by atoms with van der Waals surface area (Å²) < 4.78 is 0. The van der Waals surface area contributed by atoms with Gasteiger partial charge in [-0.15, -0.1) is 0 Å². The second kappa shape index (κ2) is 32.1. The standard InChI is InChI=1S/B.Co.Cr.Pd.Re. The number of rotatable bonds is 0. The summed E-state index contributed by atoms with van der Waals surface area (Å²) in [6.45, 7) is 0.